The average Bonchev–Trinajstić information content (AvgIpc) is 2.76. The van der Waals surface area contributed by atoms with E-state index in [1.807, 2.05) is 6.92 Å². The molecule has 0 aromatic heterocycles. The lowest BCUT2D eigenvalue weighted by Gasteiger charge is -2.32. The molecular formula is C24H32FN3O5S. The molecule has 0 aliphatic rings. The molecule has 2 aromatic rings. The summed E-state index contributed by atoms with van der Waals surface area (Å²) >= 11 is 0. The van der Waals surface area contributed by atoms with Crippen molar-refractivity contribution < 1.29 is 27.1 Å². The van der Waals surface area contributed by atoms with Gasteiger partial charge >= 0.3 is 0 Å². The van der Waals surface area contributed by atoms with Gasteiger partial charge in [0, 0.05) is 12.6 Å². The van der Waals surface area contributed by atoms with E-state index in [2.05, 4.69) is 5.32 Å². The van der Waals surface area contributed by atoms with Crippen molar-refractivity contribution in [2.75, 3.05) is 23.7 Å². The summed E-state index contributed by atoms with van der Waals surface area (Å²) in [4.78, 5) is 27.4. The Morgan fingerprint density at radius 1 is 1.03 bits per heavy atom. The van der Waals surface area contributed by atoms with Crippen LogP contribution in [0, 0.1) is 5.82 Å². The zero-order valence-electron chi connectivity index (χ0n) is 20.1. The molecule has 0 saturated heterocycles. The minimum Gasteiger partial charge on any atom is -0.494 e. The van der Waals surface area contributed by atoms with Crippen molar-refractivity contribution in [2.24, 2.45) is 0 Å². The first-order valence-electron chi connectivity index (χ1n) is 11.0. The van der Waals surface area contributed by atoms with Gasteiger partial charge in [0.1, 0.15) is 24.2 Å². The number of nitrogens with one attached hydrogen (secondary N) is 1. The first-order valence-corrected chi connectivity index (χ1v) is 12.8. The Morgan fingerprint density at radius 3 is 2.12 bits per heavy atom. The Kier molecular flexibility index (Phi) is 9.43. The van der Waals surface area contributed by atoms with E-state index in [0.29, 0.717) is 23.6 Å². The van der Waals surface area contributed by atoms with Crippen LogP contribution in [-0.2, 0) is 26.2 Å². The number of carbonyl (C=O) groups is 2. The summed E-state index contributed by atoms with van der Waals surface area (Å²) in [6.07, 6.45) is 1.01. The largest absolute Gasteiger partial charge is 0.494 e. The number of sulfonamides is 1. The van der Waals surface area contributed by atoms with Crippen LogP contribution in [0.2, 0.25) is 0 Å². The maximum absolute atomic E-state index is 13.4. The number of ether oxygens (including phenoxy) is 1. The minimum absolute atomic E-state index is 0.00662. The average molecular weight is 494 g/mol. The predicted molar refractivity (Wildman–Crippen MR) is 129 cm³/mol. The number of halogens is 1. The van der Waals surface area contributed by atoms with Crippen LogP contribution in [0.15, 0.2) is 48.5 Å². The Balaban J connectivity index is 2.35. The quantitative estimate of drug-likeness (QED) is 0.519. The fourth-order valence-electron chi connectivity index (χ4n) is 3.26. The molecule has 0 aliphatic heterocycles. The van der Waals surface area contributed by atoms with Gasteiger partial charge in [-0.2, -0.15) is 0 Å². The van der Waals surface area contributed by atoms with Gasteiger partial charge in [-0.05, 0) is 69.7 Å². The number of amides is 2. The molecule has 10 heteroatoms. The number of rotatable bonds is 11. The summed E-state index contributed by atoms with van der Waals surface area (Å²) in [6, 6.07) is 10.9. The lowest BCUT2D eigenvalue weighted by atomic mass is 10.1. The van der Waals surface area contributed by atoms with Crippen LogP contribution in [0.4, 0.5) is 10.1 Å². The number of hydrogen-bond donors (Lipinski definition) is 1. The highest BCUT2D eigenvalue weighted by Crippen LogP contribution is 2.22. The number of carbonyl (C=O) groups excluding carboxylic acids is 2. The normalized spacial score (nSPS) is 12.2. The van der Waals surface area contributed by atoms with Crippen molar-refractivity contribution in [2.45, 2.75) is 46.3 Å². The Bertz CT molecular complexity index is 1070. The summed E-state index contributed by atoms with van der Waals surface area (Å²) in [7, 11) is -3.82. The van der Waals surface area contributed by atoms with E-state index in [4.69, 9.17) is 4.74 Å². The zero-order valence-corrected chi connectivity index (χ0v) is 20.9. The Hall–Kier alpha value is -3.14. The van der Waals surface area contributed by atoms with Crippen LogP contribution in [0.1, 0.15) is 33.3 Å². The van der Waals surface area contributed by atoms with Crippen molar-refractivity contribution in [3.8, 4) is 5.75 Å². The second-order valence-electron chi connectivity index (χ2n) is 8.18. The van der Waals surface area contributed by atoms with E-state index in [1.54, 1.807) is 45.0 Å². The van der Waals surface area contributed by atoms with Crippen molar-refractivity contribution in [3.63, 3.8) is 0 Å². The highest BCUT2D eigenvalue weighted by Gasteiger charge is 2.30. The zero-order chi connectivity index (χ0) is 25.5. The van der Waals surface area contributed by atoms with Crippen LogP contribution >= 0.6 is 0 Å². The first-order chi connectivity index (χ1) is 15.9. The first kappa shape index (κ1) is 27.1. The monoisotopic (exact) mass is 493 g/mol. The van der Waals surface area contributed by atoms with Crippen molar-refractivity contribution in [1.82, 2.24) is 10.2 Å². The third-order valence-electron chi connectivity index (χ3n) is 4.98. The summed E-state index contributed by atoms with van der Waals surface area (Å²) in [5, 5.41) is 2.77. The number of nitrogens with zero attached hydrogens (tertiary/aromatic N) is 2. The minimum atomic E-state index is -3.82. The van der Waals surface area contributed by atoms with Gasteiger partial charge in [0.15, 0.2) is 0 Å². The summed E-state index contributed by atoms with van der Waals surface area (Å²) in [5.41, 5.74) is 0.895. The molecule has 1 atom stereocenters. The second kappa shape index (κ2) is 11.8. The van der Waals surface area contributed by atoms with Crippen molar-refractivity contribution in [1.29, 1.82) is 0 Å². The number of hydrogen-bond acceptors (Lipinski definition) is 5. The van der Waals surface area contributed by atoms with Gasteiger partial charge in [-0.15, -0.1) is 0 Å². The van der Waals surface area contributed by atoms with Gasteiger partial charge in [0.2, 0.25) is 21.8 Å². The lowest BCUT2D eigenvalue weighted by molar-refractivity contribution is -0.139. The molecule has 0 radical (unpaired) electrons. The molecule has 0 saturated carbocycles. The standard InChI is InChI=1S/C24H32FN3O5S/c1-6-33-22-13-11-21(12-14-22)28(34(5,31)32)16-23(29)27(18(4)24(30)26-17(2)3)15-19-7-9-20(25)10-8-19/h7-14,17-18H,6,15-16H2,1-5H3,(H,26,30)/t18-/m1/s1. The topological polar surface area (TPSA) is 96.0 Å². The Morgan fingerprint density at radius 2 is 1.62 bits per heavy atom. The van der Waals surface area contributed by atoms with Crippen molar-refractivity contribution in [3.05, 3.63) is 59.9 Å². The van der Waals surface area contributed by atoms with Crippen LogP contribution in [0.5, 0.6) is 5.75 Å². The fourth-order valence-corrected chi connectivity index (χ4v) is 4.11. The maximum Gasteiger partial charge on any atom is 0.244 e. The van der Waals surface area contributed by atoms with Gasteiger partial charge in [0.25, 0.3) is 0 Å². The molecule has 0 aliphatic carbocycles. The maximum atomic E-state index is 13.4. The third kappa shape index (κ3) is 7.72. The van der Waals surface area contributed by atoms with Gasteiger partial charge in [-0.25, -0.2) is 12.8 Å². The van der Waals surface area contributed by atoms with Gasteiger partial charge < -0.3 is 15.0 Å². The van der Waals surface area contributed by atoms with Gasteiger partial charge in [-0.3, -0.25) is 13.9 Å². The van der Waals surface area contributed by atoms with Gasteiger partial charge in [0.05, 0.1) is 18.6 Å². The molecule has 186 valence electrons. The molecular weight excluding hydrogens is 461 g/mol. The van der Waals surface area contributed by atoms with Crippen LogP contribution in [-0.4, -0.2) is 56.6 Å². The molecule has 8 nitrogen and oxygen atoms in total. The number of anilines is 1. The number of benzene rings is 2. The third-order valence-corrected chi connectivity index (χ3v) is 6.12. The predicted octanol–water partition coefficient (Wildman–Crippen LogP) is 2.93. The van der Waals surface area contributed by atoms with E-state index in [0.717, 1.165) is 10.6 Å². The van der Waals surface area contributed by atoms with E-state index < -0.39 is 34.3 Å². The molecule has 0 bridgehead atoms. The summed E-state index contributed by atoms with van der Waals surface area (Å²) in [6.45, 7) is 6.97. The molecule has 0 spiro atoms. The fraction of sp³-hybridized carbons (Fsp3) is 0.417. The van der Waals surface area contributed by atoms with E-state index >= 15 is 0 Å². The SMILES string of the molecule is CCOc1ccc(N(CC(=O)N(Cc2ccc(F)cc2)[C@H](C)C(=O)NC(C)C)S(C)(=O)=O)cc1. The molecule has 0 unspecified atom stereocenters. The molecule has 34 heavy (non-hydrogen) atoms. The van der Waals surface area contributed by atoms with Crippen LogP contribution < -0.4 is 14.4 Å². The van der Waals surface area contributed by atoms with E-state index in [9.17, 15) is 22.4 Å². The molecule has 0 heterocycles. The lowest BCUT2D eigenvalue weighted by Crippen LogP contribution is -2.52. The second-order valence-corrected chi connectivity index (χ2v) is 10.1. The van der Waals surface area contributed by atoms with Crippen molar-refractivity contribution >= 4 is 27.5 Å². The van der Waals surface area contributed by atoms with E-state index in [1.165, 1.54) is 29.2 Å². The highest BCUT2D eigenvalue weighted by atomic mass is 32.2. The Labute approximate surface area is 200 Å². The molecule has 0 fully saturated rings. The smallest absolute Gasteiger partial charge is 0.244 e. The molecule has 2 amide bonds. The molecule has 2 rings (SSSR count). The van der Waals surface area contributed by atoms with Gasteiger partial charge in [-0.1, -0.05) is 12.1 Å². The highest BCUT2D eigenvalue weighted by molar-refractivity contribution is 7.92. The van der Waals surface area contributed by atoms with Crippen LogP contribution in [0.3, 0.4) is 0 Å². The summed E-state index contributed by atoms with van der Waals surface area (Å²) in [5.74, 6) is -0.804. The molecule has 2 aromatic carbocycles. The summed E-state index contributed by atoms with van der Waals surface area (Å²) < 4.78 is 44.8. The van der Waals surface area contributed by atoms with E-state index in [-0.39, 0.29) is 18.5 Å². The molecule has 1 N–H and O–H groups in total. The van der Waals surface area contributed by atoms with Crippen LogP contribution in [0.25, 0.3) is 0 Å².